The number of carbonyl (C=O) groups excluding carboxylic acids is 2. The van der Waals surface area contributed by atoms with Gasteiger partial charge in [0.2, 0.25) is 5.91 Å². The standard InChI is InChI=1S/C10H20N2O3/c1-2-15-10(14)8-12-9(13)6-4-3-5-7-11/h2-8,11H2,1H3,(H,12,13). The maximum absolute atomic E-state index is 11.2. The van der Waals surface area contributed by atoms with Gasteiger partial charge in [0, 0.05) is 6.42 Å². The highest BCUT2D eigenvalue weighted by Gasteiger charge is 2.04. The molecule has 0 bridgehead atoms. The van der Waals surface area contributed by atoms with Crippen molar-refractivity contribution in [1.29, 1.82) is 0 Å². The normalized spacial score (nSPS) is 9.73. The second-order valence-corrected chi connectivity index (χ2v) is 3.18. The topological polar surface area (TPSA) is 81.4 Å². The summed E-state index contributed by atoms with van der Waals surface area (Å²) in [7, 11) is 0. The summed E-state index contributed by atoms with van der Waals surface area (Å²) in [6.45, 7) is 2.69. The second kappa shape index (κ2) is 9.45. The van der Waals surface area contributed by atoms with Crippen molar-refractivity contribution in [3.8, 4) is 0 Å². The van der Waals surface area contributed by atoms with Gasteiger partial charge in [-0.3, -0.25) is 9.59 Å². The smallest absolute Gasteiger partial charge is 0.325 e. The van der Waals surface area contributed by atoms with Crippen LogP contribution >= 0.6 is 0 Å². The van der Waals surface area contributed by atoms with E-state index in [1.54, 1.807) is 6.92 Å². The molecule has 0 saturated carbocycles. The Kier molecular flexibility index (Phi) is 8.76. The van der Waals surface area contributed by atoms with Crippen molar-refractivity contribution in [3.05, 3.63) is 0 Å². The van der Waals surface area contributed by atoms with Crippen molar-refractivity contribution in [2.75, 3.05) is 19.7 Å². The van der Waals surface area contributed by atoms with E-state index in [1.807, 2.05) is 0 Å². The minimum Gasteiger partial charge on any atom is -0.465 e. The van der Waals surface area contributed by atoms with Crippen LogP contribution in [-0.4, -0.2) is 31.6 Å². The first-order chi connectivity index (χ1) is 7.20. The number of unbranched alkanes of at least 4 members (excludes halogenated alkanes) is 2. The Morgan fingerprint density at radius 3 is 2.60 bits per heavy atom. The summed E-state index contributed by atoms with van der Waals surface area (Å²) in [5.74, 6) is -0.507. The van der Waals surface area contributed by atoms with E-state index in [4.69, 9.17) is 5.73 Å². The van der Waals surface area contributed by atoms with Gasteiger partial charge in [0.25, 0.3) is 0 Å². The average Bonchev–Trinajstić information content (AvgIpc) is 2.22. The summed E-state index contributed by atoms with van der Waals surface area (Å²) in [6, 6.07) is 0. The summed E-state index contributed by atoms with van der Waals surface area (Å²) in [5, 5.41) is 2.50. The summed E-state index contributed by atoms with van der Waals surface area (Å²) >= 11 is 0. The van der Waals surface area contributed by atoms with E-state index in [0.717, 1.165) is 19.3 Å². The van der Waals surface area contributed by atoms with Gasteiger partial charge in [-0.1, -0.05) is 6.42 Å². The van der Waals surface area contributed by atoms with Crippen LogP contribution in [0.3, 0.4) is 0 Å². The maximum Gasteiger partial charge on any atom is 0.325 e. The predicted molar refractivity (Wildman–Crippen MR) is 57.2 cm³/mol. The number of hydrogen-bond donors (Lipinski definition) is 2. The highest BCUT2D eigenvalue weighted by Crippen LogP contribution is 1.97. The molecule has 0 aliphatic heterocycles. The summed E-state index contributed by atoms with van der Waals surface area (Å²) in [4.78, 5) is 22.0. The number of ether oxygens (including phenoxy) is 1. The molecule has 0 aliphatic carbocycles. The number of amides is 1. The molecule has 15 heavy (non-hydrogen) atoms. The molecule has 0 atom stereocenters. The number of carbonyl (C=O) groups is 2. The lowest BCUT2D eigenvalue weighted by Crippen LogP contribution is -2.30. The lowest BCUT2D eigenvalue weighted by molar-refractivity contribution is -0.143. The molecule has 0 aromatic carbocycles. The quantitative estimate of drug-likeness (QED) is 0.448. The monoisotopic (exact) mass is 216 g/mol. The van der Waals surface area contributed by atoms with Gasteiger partial charge in [-0.25, -0.2) is 0 Å². The van der Waals surface area contributed by atoms with E-state index in [9.17, 15) is 9.59 Å². The van der Waals surface area contributed by atoms with E-state index >= 15 is 0 Å². The molecule has 1 amide bonds. The van der Waals surface area contributed by atoms with Crippen molar-refractivity contribution < 1.29 is 14.3 Å². The second-order valence-electron chi connectivity index (χ2n) is 3.18. The van der Waals surface area contributed by atoms with Crippen molar-refractivity contribution >= 4 is 11.9 Å². The fourth-order valence-electron chi connectivity index (χ4n) is 1.08. The molecule has 3 N–H and O–H groups in total. The van der Waals surface area contributed by atoms with Crippen LogP contribution in [0.4, 0.5) is 0 Å². The number of esters is 1. The average molecular weight is 216 g/mol. The van der Waals surface area contributed by atoms with E-state index < -0.39 is 5.97 Å². The van der Waals surface area contributed by atoms with Crippen molar-refractivity contribution in [1.82, 2.24) is 5.32 Å². The molecule has 0 saturated heterocycles. The van der Waals surface area contributed by atoms with Gasteiger partial charge in [-0.15, -0.1) is 0 Å². The molecular formula is C10H20N2O3. The lowest BCUT2D eigenvalue weighted by Gasteiger charge is -2.04. The van der Waals surface area contributed by atoms with Crippen LogP contribution in [0.2, 0.25) is 0 Å². The minimum absolute atomic E-state index is 0.0381. The zero-order chi connectivity index (χ0) is 11.5. The van der Waals surface area contributed by atoms with Gasteiger partial charge in [0.1, 0.15) is 6.54 Å². The van der Waals surface area contributed by atoms with Gasteiger partial charge in [-0.2, -0.15) is 0 Å². The summed E-state index contributed by atoms with van der Waals surface area (Å²) in [5.41, 5.74) is 5.32. The van der Waals surface area contributed by atoms with Gasteiger partial charge in [-0.05, 0) is 26.3 Å². The molecule has 0 aromatic heterocycles. The molecular weight excluding hydrogens is 196 g/mol. The number of nitrogens with one attached hydrogen (secondary N) is 1. The van der Waals surface area contributed by atoms with Crippen LogP contribution in [0.15, 0.2) is 0 Å². The zero-order valence-corrected chi connectivity index (χ0v) is 9.25. The predicted octanol–water partition coefficient (Wildman–Crippen LogP) is 0.185. The Hall–Kier alpha value is -1.10. The molecule has 0 fully saturated rings. The van der Waals surface area contributed by atoms with Crippen molar-refractivity contribution in [2.45, 2.75) is 32.6 Å². The third-order valence-electron chi connectivity index (χ3n) is 1.84. The molecule has 5 heteroatoms. The minimum atomic E-state index is -0.396. The van der Waals surface area contributed by atoms with Crippen molar-refractivity contribution in [3.63, 3.8) is 0 Å². The van der Waals surface area contributed by atoms with Crippen LogP contribution in [0.1, 0.15) is 32.6 Å². The Balaban J connectivity index is 3.36. The number of hydrogen-bond acceptors (Lipinski definition) is 4. The zero-order valence-electron chi connectivity index (χ0n) is 9.25. The SMILES string of the molecule is CCOC(=O)CNC(=O)CCCCCN. The van der Waals surface area contributed by atoms with Gasteiger partial charge < -0.3 is 15.8 Å². The van der Waals surface area contributed by atoms with Crippen LogP contribution in [0, 0.1) is 0 Å². The third-order valence-corrected chi connectivity index (χ3v) is 1.84. The molecule has 5 nitrogen and oxygen atoms in total. The highest BCUT2D eigenvalue weighted by molar-refractivity contribution is 5.81. The third kappa shape index (κ3) is 9.21. The lowest BCUT2D eigenvalue weighted by atomic mass is 10.2. The first-order valence-corrected chi connectivity index (χ1v) is 5.33. The molecule has 0 unspecified atom stereocenters. The molecule has 0 rings (SSSR count). The van der Waals surface area contributed by atoms with Crippen LogP contribution in [-0.2, 0) is 14.3 Å². The Morgan fingerprint density at radius 1 is 1.27 bits per heavy atom. The first kappa shape index (κ1) is 13.9. The molecule has 0 spiro atoms. The maximum atomic E-state index is 11.2. The number of nitrogens with two attached hydrogens (primary N) is 1. The van der Waals surface area contributed by atoms with E-state index in [2.05, 4.69) is 10.1 Å². The fourth-order valence-corrected chi connectivity index (χ4v) is 1.08. The Labute approximate surface area is 90.4 Å². The van der Waals surface area contributed by atoms with Gasteiger partial charge >= 0.3 is 5.97 Å². The first-order valence-electron chi connectivity index (χ1n) is 5.33. The van der Waals surface area contributed by atoms with E-state index in [0.29, 0.717) is 19.6 Å². The summed E-state index contributed by atoms with van der Waals surface area (Å²) in [6.07, 6.45) is 3.14. The van der Waals surface area contributed by atoms with Crippen LogP contribution < -0.4 is 11.1 Å². The van der Waals surface area contributed by atoms with Crippen molar-refractivity contribution in [2.24, 2.45) is 5.73 Å². The molecule has 0 aromatic rings. The molecule has 88 valence electrons. The molecule has 0 heterocycles. The molecule has 0 radical (unpaired) electrons. The van der Waals surface area contributed by atoms with Crippen LogP contribution in [0.25, 0.3) is 0 Å². The van der Waals surface area contributed by atoms with Crippen LogP contribution in [0.5, 0.6) is 0 Å². The van der Waals surface area contributed by atoms with E-state index in [1.165, 1.54) is 0 Å². The Bertz CT molecular complexity index is 195. The van der Waals surface area contributed by atoms with E-state index in [-0.39, 0.29) is 12.5 Å². The summed E-state index contributed by atoms with van der Waals surface area (Å²) < 4.78 is 4.67. The highest BCUT2D eigenvalue weighted by atomic mass is 16.5. The van der Waals surface area contributed by atoms with Gasteiger partial charge in [0.05, 0.1) is 6.61 Å². The van der Waals surface area contributed by atoms with Gasteiger partial charge in [0.15, 0.2) is 0 Å². The largest absolute Gasteiger partial charge is 0.465 e. The Morgan fingerprint density at radius 2 is 2.00 bits per heavy atom. The number of rotatable bonds is 8. The molecule has 0 aliphatic rings. The fraction of sp³-hybridized carbons (Fsp3) is 0.800.